The van der Waals surface area contributed by atoms with E-state index in [4.69, 9.17) is 39.1 Å². The molecule has 1 fully saturated rings. The molecule has 40 nitrogen and oxygen atoms in total. The van der Waals surface area contributed by atoms with Gasteiger partial charge in [0.2, 0.25) is 94.5 Å². The second kappa shape index (κ2) is 48.0. The van der Waals surface area contributed by atoms with Crippen molar-refractivity contribution in [1.29, 1.82) is 0 Å². The first-order chi connectivity index (χ1) is 59.7. The monoisotopic (exact) mass is 1810 g/mol. The van der Waals surface area contributed by atoms with Crippen molar-refractivity contribution in [3.05, 3.63) is 113 Å². The Morgan fingerprint density at radius 3 is 1.80 bits per heavy atom. The zero-order valence-corrected chi connectivity index (χ0v) is 74.9. The van der Waals surface area contributed by atoms with Crippen LogP contribution in [-0.2, 0) is 96.0 Å². The maximum atomic E-state index is 16.3. The smallest absolute Gasteiger partial charge is 0.312 e. The molecule has 0 aliphatic carbocycles. The lowest BCUT2D eigenvalue weighted by Crippen LogP contribution is -2.65. The molecule has 0 spiro atoms. The van der Waals surface area contributed by atoms with E-state index in [0.29, 0.717) is 45.1 Å². The molecule has 28 N–H and O–H groups in total. The summed E-state index contributed by atoms with van der Waals surface area (Å²) in [5.74, 6) is -15.7. The van der Waals surface area contributed by atoms with E-state index in [1.54, 1.807) is 66.9 Å². The number of aryl methyl sites for hydroxylation is 1. The number of nitrogens with two attached hydrogens (primary N) is 6. The number of aliphatic hydroxyl groups is 1. The van der Waals surface area contributed by atoms with E-state index in [1.807, 2.05) is 31.2 Å². The van der Waals surface area contributed by atoms with Crippen molar-refractivity contribution in [1.82, 2.24) is 79.4 Å². The van der Waals surface area contributed by atoms with Gasteiger partial charge in [-0.2, -0.15) is 0 Å². The second-order valence-corrected chi connectivity index (χ2v) is 36.7. The van der Waals surface area contributed by atoms with Crippen LogP contribution in [0.1, 0.15) is 156 Å². The highest BCUT2D eigenvalue weighted by Crippen LogP contribution is 2.47. The number of aliphatic hydroxyl groups excluding tert-OH is 1. The topological polar surface area (TPSA) is 660 Å². The molecule has 694 valence electrons. The second-order valence-electron chi connectivity index (χ2n) is 33.3. The van der Waals surface area contributed by atoms with E-state index in [9.17, 15) is 57.8 Å². The molecule has 6 rings (SSSR count). The molecule has 0 saturated carbocycles. The standard InChI is InChI=1S/C85H123N21O19S2/c1-45-20-18-23-55-53(44-94-65(45)55)41-60-72(115)96-56(25-19-36-93-81(91)124)70(113)104-68(84(9,10)127-126-83(7,8)67(95-48(4)109)77(120)101-61(42-63(88)110)73(116)103-66(46(2)107)76(119)99-60)78(121)100-58(39-49-27-30-54(31-28-49)125-37-34-87)71(114)97-59(40-50-26-29-51-21-12-13-22-52(51)38-50)75(118)106-85(11,32-15-16-33-86)80(123)102-57(24-14-17-35-92-47(3)108)69(112)98-62(43-64(89)111)74(117)105-82(5,6)79(90)122/h12-13,18,20-23,26-31,38,44,46,56-62,66-68,94,107H,14-17,19,24-25,32-37,39-43,86-87H2,1-11H3,(H2,88,110)(H2,89,111)(H2,90,122)(H,92,108)(H,95,109)(H,96,115)(H,97,114)(H,98,112)(H,99,119)(H,100,121)(H,101,120)(H,102,123)(H,103,116)(H,104,113)(H,105,117)(H,106,118)(H3,91,93,124)/t46-,56+,57+,58+,59+,60+,61+,62+,66+,67-,68-,85?/m1/s1. The third kappa shape index (κ3) is 32.0. The van der Waals surface area contributed by atoms with Gasteiger partial charge in [-0.25, -0.2) is 4.79 Å². The van der Waals surface area contributed by atoms with Crippen molar-refractivity contribution in [2.75, 3.05) is 32.8 Å². The predicted molar refractivity (Wildman–Crippen MR) is 477 cm³/mol. The Hall–Kier alpha value is -12.1. The number of benzene rings is 4. The van der Waals surface area contributed by atoms with Crippen molar-refractivity contribution in [2.24, 2.45) is 34.4 Å². The Morgan fingerprint density at radius 1 is 0.575 bits per heavy atom. The van der Waals surface area contributed by atoms with E-state index in [-0.39, 0.29) is 96.5 Å². The summed E-state index contributed by atoms with van der Waals surface area (Å²) >= 11 is 0. The Kier molecular flexibility index (Phi) is 39.1. The molecule has 1 saturated heterocycles. The molecule has 1 aromatic heterocycles. The summed E-state index contributed by atoms with van der Waals surface area (Å²) in [4.78, 5) is 245. The number of carbonyl (C=O) groups is 17. The Morgan fingerprint density at radius 2 is 1.17 bits per heavy atom. The van der Waals surface area contributed by atoms with Gasteiger partial charge in [-0.15, -0.1) is 0 Å². The van der Waals surface area contributed by atoms with Crippen LogP contribution in [0.2, 0.25) is 0 Å². The predicted octanol–water partition coefficient (Wildman–Crippen LogP) is -1.91. The minimum absolute atomic E-state index is 0.0974. The highest BCUT2D eigenvalue weighted by atomic mass is 33.1. The number of nitrogens with one attached hydrogen (secondary N) is 15. The highest BCUT2D eigenvalue weighted by Gasteiger charge is 2.47. The van der Waals surface area contributed by atoms with Crippen LogP contribution in [0, 0.1) is 6.92 Å². The fourth-order valence-corrected chi connectivity index (χ4v) is 16.7. The number of ether oxygens (including phenoxy) is 1. The molecular weight excluding hydrogens is 1680 g/mol. The van der Waals surface area contributed by atoms with Crippen LogP contribution in [0.15, 0.2) is 91.1 Å². The molecular formula is C85H123N21O19S2. The summed E-state index contributed by atoms with van der Waals surface area (Å²) in [7, 11) is 1.77. The fourth-order valence-electron chi connectivity index (χ4n) is 13.8. The first-order valence-electron chi connectivity index (χ1n) is 41.7. The van der Waals surface area contributed by atoms with E-state index >= 15 is 28.8 Å². The first kappa shape index (κ1) is 104. The summed E-state index contributed by atoms with van der Waals surface area (Å²) < 4.78 is 2.52. The number of hydrogen-bond donors (Lipinski definition) is 22. The van der Waals surface area contributed by atoms with Crippen molar-refractivity contribution in [2.45, 2.75) is 247 Å². The Bertz CT molecular complexity index is 4800. The number of unbranched alkanes of at least 4 members (excludes halogenated alkanes) is 2. The van der Waals surface area contributed by atoms with Crippen LogP contribution in [0.4, 0.5) is 4.79 Å². The molecule has 0 bridgehead atoms. The van der Waals surface area contributed by atoms with Crippen molar-refractivity contribution in [3.63, 3.8) is 0 Å². The minimum Gasteiger partial charge on any atom is -0.492 e. The van der Waals surface area contributed by atoms with Crippen LogP contribution in [0.25, 0.3) is 21.7 Å². The number of fused-ring (bicyclic) bond motifs is 2. The van der Waals surface area contributed by atoms with Gasteiger partial charge in [0.1, 0.15) is 83.9 Å². The Labute approximate surface area is 743 Å². The number of aromatic amines is 1. The number of aromatic nitrogens is 1. The molecule has 2 heterocycles. The Balaban J connectivity index is 1.54. The number of H-pyrrole nitrogens is 1. The maximum absolute atomic E-state index is 16.3. The van der Waals surface area contributed by atoms with Gasteiger partial charge in [0.05, 0.1) is 18.9 Å². The minimum atomic E-state index is -2.03. The molecule has 42 heteroatoms. The summed E-state index contributed by atoms with van der Waals surface area (Å²) in [5, 5.41) is 50.1. The lowest BCUT2D eigenvalue weighted by atomic mass is 9.91. The van der Waals surface area contributed by atoms with Crippen molar-refractivity contribution in [3.8, 4) is 5.75 Å². The zero-order chi connectivity index (χ0) is 94.4. The van der Waals surface area contributed by atoms with E-state index < -0.39 is 201 Å². The summed E-state index contributed by atoms with van der Waals surface area (Å²) in [5.41, 5.74) is 33.0. The number of hydrogen-bond acceptors (Lipinski definition) is 23. The number of urea groups is 1. The zero-order valence-electron chi connectivity index (χ0n) is 73.3. The number of amides is 18. The molecule has 4 aromatic carbocycles. The van der Waals surface area contributed by atoms with E-state index in [0.717, 1.165) is 46.4 Å². The quantitative estimate of drug-likeness (QED) is 0.0150. The van der Waals surface area contributed by atoms with Crippen molar-refractivity contribution >= 4 is 144 Å². The molecule has 127 heavy (non-hydrogen) atoms. The molecule has 1 aliphatic heterocycles. The van der Waals surface area contributed by atoms with Crippen LogP contribution in [-0.4, -0.2) is 231 Å². The van der Waals surface area contributed by atoms with Gasteiger partial charge in [0.25, 0.3) is 0 Å². The number of rotatable bonds is 41. The van der Waals surface area contributed by atoms with Gasteiger partial charge in [-0.1, -0.05) is 94.4 Å². The normalized spacial score (nSPS) is 19.3. The summed E-state index contributed by atoms with van der Waals surface area (Å²) in [6.45, 7) is 15.6. The third-order valence-electron chi connectivity index (χ3n) is 21.1. The molecule has 5 aromatic rings. The number of carbonyl (C=O) groups excluding carboxylic acids is 17. The molecule has 0 radical (unpaired) electrons. The van der Waals surface area contributed by atoms with Gasteiger partial charge in [0.15, 0.2) is 0 Å². The van der Waals surface area contributed by atoms with E-state index in [1.165, 1.54) is 55.4 Å². The lowest BCUT2D eigenvalue weighted by Gasteiger charge is -2.39. The molecule has 12 atom stereocenters. The first-order valence-corrected chi connectivity index (χ1v) is 43.8. The fraction of sp³-hybridized carbons (Fsp3) is 0.518. The van der Waals surface area contributed by atoms with Crippen LogP contribution in [0.3, 0.4) is 0 Å². The molecule has 1 aliphatic rings. The highest BCUT2D eigenvalue weighted by molar-refractivity contribution is 8.77. The SMILES string of the molecule is CC(=O)NCCCC[C@H](NC(=O)C(C)(CCCCN)NC(=O)[C@H](Cc1ccc2ccccc2c1)NC(=O)[C@H](Cc1ccc(OCCN)cc1)NC(=O)[C@H]1NC(=O)[C@H](CCCNC(N)=O)NC(=O)[C@H](Cc2c[nH]c3c(C)cccc23)NC(=O)[C@H]([C@@H](C)O)NC(=O)[C@H](CC(N)=O)NC(=O)[C@@H](NC(C)=O)C(C)(C)SSC1(C)C)C(=O)N[C@@H](CC(N)=O)C(=O)NC(C)(C)C(N)=O. The van der Waals surface area contributed by atoms with Gasteiger partial charge in [-0.3, -0.25) is 76.7 Å². The van der Waals surface area contributed by atoms with Crippen LogP contribution >= 0.6 is 21.6 Å². The van der Waals surface area contributed by atoms with Crippen LogP contribution in [0.5, 0.6) is 5.75 Å². The van der Waals surface area contributed by atoms with Gasteiger partial charge in [0, 0.05) is 79.3 Å². The largest absolute Gasteiger partial charge is 0.492 e. The third-order valence-corrected chi connectivity index (χ3v) is 25.3. The molecule has 18 amide bonds. The summed E-state index contributed by atoms with van der Waals surface area (Å²) in [6, 6.07) is 5.66. The number of para-hydroxylation sites is 1. The number of primary amides is 4. The lowest BCUT2D eigenvalue weighted by molar-refractivity contribution is -0.138. The van der Waals surface area contributed by atoms with E-state index in [2.05, 4.69) is 79.4 Å². The van der Waals surface area contributed by atoms with Crippen LogP contribution < -0.4 is 114 Å². The van der Waals surface area contributed by atoms with Gasteiger partial charge < -0.3 is 124 Å². The van der Waals surface area contributed by atoms with Gasteiger partial charge >= 0.3 is 6.03 Å². The molecule has 1 unspecified atom stereocenters. The maximum Gasteiger partial charge on any atom is 0.312 e. The summed E-state index contributed by atoms with van der Waals surface area (Å²) in [6.07, 6.45) is -2.85. The average Bonchev–Trinajstić information content (AvgIpc) is 1.79. The van der Waals surface area contributed by atoms with Gasteiger partial charge in [-0.05, 0) is 165 Å². The average molecular weight is 1810 g/mol. The van der Waals surface area contributed by atoms with Crippen molar-refractivity contribution < 1.29 is 91.4 Å².